The molecule has 0 aliphatic heterocycles. The minimum atomic E-state index is -1.83. The zero-order valence-corrected chi connectivity index (χ0v) is 17.7. The first-order valence-corrected chi connectivity index (χ1v) is 12.2. The van der Waals surface area contributed by atoms with E-state index in [1.54, 1.807) is 4.90 Å². The number of rotatable bonds is 7. The second kappa shape index (κ2) is 8.88. The van der Waals surface area contributed by atoms with Gasteiger partial charge in [-0.1, -0.05) is 40.4 Å². The highest BCUT2D eigenvalue weighted by molar-refractivity contribution is 6.82. The van der Waals surface area contributed by atoms with Crippen LogP contribution in [-0.2, 0) is 4.74 Å². The van der Waals surface area contributed by atoms with E-state index >= 15 is 0 Å². The van der Waals surface area contributed by atoms with Crippen LogP contribution < -0.4 is 0 Å². The van der Waals surface area contributed by atoms with Crippen LogP contribution in [0.15, 0.2) is 11.5 Å². The zero-order chi connectivity index (χ0) is 18.5. The van der Waals surface area contributed by atoms with Gasteiger partial charge in [-0.2, -0.15) is 0 Å². The fourth-order valence-corrected chi connectivity index (χ4v) is 3.70. The van der Waals surface area contributed by atoms with Crippen molar-refractivity contribution in [3.63, 3.8) is 0 Å². The van der Waals surface area contributed by atoms with Crippen molar-refractivity contribution in [1.82, 2.24) is 4.90 Å². The summed E-state index contributed by atoms with van der Waals surface area (Å²) >= 11 is 0. The molecule has 2 atom stereocenters. The first-order valence-electron chi connectivity index (χ1n) is 8.69. The molecule has 0 heterocycles. The molecule has 136 valence electrons. The van der Waals surface area contributed by atoms with Crippen molar-refractivity contribution in [2.24, 2.45) is 11.8 Å². The van der Waals surface area contributed by atoms with E-state index in [2.05, 4.69) is 19.6 Å². The fraction of sp³-hybridized carbons (Fsp3) is 0.833. The Kier molecular flexibility index (Phi) is 8.56. The number of aliphatic hydroxyl groups excluding tert-OH is 1. The van der Waals surface area contributed by atoms with Crippen LogP contribution in [0.3, 0.4) is 0 Å². The Bertz CT molecular complexity index is 403. The molecule has 0 aromatic carbocycles. The van der Waals surface area contributed by atoms with E-state index in [1.165, 1.54) is 0 Å². The van der Waals surface area contributed by atoms with Crippen LogP contribution >= 0.6 is 0 Å². The SMILES string of the molecule is CC(C)[C@@H](O)[C@@H](C)/C=C(\OC(=O)N(C(C)C)C(C)C)[Si](C)(C)C. The monoisotopic (exact) mass is 343 g/mol. The van der Waals surface area contributed by atoms with Gasteiger partial charge < -0.3 is 14.7 Å². The summed E-state index contributed by atoms with van der Waals surface area (Å²) in [6, 6.07) is 0.174. The summed E-state index contributed by atoms with van der Waals surface area (Å²) in [5.74, 6) is 0.124. The largest absolute Gasteiger partial charge is 0.420 e. The van der Waals surface area contributed by atoms with Crippen LogP contribution in [-0.4, -0.2) is 42.4 Å². The Labute approximate surface area is 143 Å². The molecule has 0 spiro atoms. The van der Waals surface area contributed by atoms with Crippen LogP contribution in [0.25, 0.3) is 0 Å². The van der Waals surface area contributed by atoms with E-state index in [-0.39, 0.29) is 30.0 Å². The second-order valence-electron chi connectivity index (χ2n) is 8.34. The quantitative estimate of drug-likeness (QED) is 0.540. The molecule has 5 heteroatoms. The highest BCUT2D eigenvalue weighted by Gasteiger charge is 2.30. The van der Waals surface area contributed by atoms with Gasteiger partial charge in [0.15, 0.2) is 0 Å². The van der Waals surface area contributed by atoms with Gasteiger partial charge in [0.05, 0.1) is 11.5 Å². The molecule has 1 amide bonds. The lowest BCUT2D eigenvalue weighted by atomic mass is 9.95. The predicted molar refractivity (Wildman–Crippen MR) is 100 cm³/mol. The van der Waals surface area contributed by atoms with Crippen LogP contribution in [0.4, 0.5) is 4.79 Å². The molecule has 0 rings (SSSR count). The lowest BCUT2D eigenvalue weighted by Crippen LogP contribution is -2.44. The summed E-state index contributed by atoms with van der Waals surface area (Å²) in [5.41, 5.74) is 0. The van der Waals surface area contributed by atoms with Gasteiger partial charge in [0, 0.05) is 18.0 Å². The highest BCUT2D eigenvalue weighted by Crippen LogP contribution is 2.23. The van der Waals surface area contributed by atoms with Gasteiger partial charge in [-0.25, -0.2) is 4.79 Å². The summed E-state index contributed by atoms with van der Waals surface area (Å²) in [5, 5.41) is 11.0. The maximum absolute atomic E-state index is 12.6. The lowest BCUT2D eigenvalue weighted by molar-refractivity contribution is 0.0864. The van der Waals surface area contributed by atoms with Crippen molar-refractivity contribution in [3.05, 3.63) is 11.5 Å². The lowest BCUT2D eigenvalue weighted by Gasteiger charge is -2.32. The number of hydrogen-bond acceptors (Lipinski definition) is 3. The number of hydrogen-bond donors (Lipinski definition) is 1. The zero-order valence-electron chi connectivity index (χ0n) is 16.7. The Morgan fingerprint density at radius 2 is 1.43 bits per heavy atom. The number of ether oxygens (including phenoxy) is 1. The number of nitrogens with zero attached hydrogens (tertiary/aromatic N) is 1. The van der Waals surface area contributed by atoms with Gasteiger partial charge in [-0.15, -0.1) is 0 Å². The Hall–Kier alpha value is -0.813. The van der Waals surface area contributed by atoms with Gasteiger partial charge in [-0.3, -0.25) is 0 Å². The molecule has 0 aliphatic carbocycles. The van der Waals surface area contributed by atoms with E-state index in [0.29, 0.717) is 0 Å². The van der Waals surface area contributed by atoms with Crippen molar-refractivity contribution >= 4 is 14.2 Å². The molecule has 0 aromatic heterocycles. The molecule has 0 unspecified atom stereocenters. The van der Waals surface area contributed by atoms with Crippen LogP contribution in [0.1, 0.15) is 48.5 Å². The minimum Gasteiger partial charge on any atom is -0.420 e. The van der Waals surface area contributed by atoms with Gasteiger partial charge in [0.25, 0.3) is 0 Å². The Morgan fingerprint density at radius 1 is 1.00 bits per heavy atom. The van der Waals surface area contributed by atoms with Crippen molar-refractivity contribution in [1.29, 1.82) is 0 Å². The van der Waals surface area contributed by atoms with E-state index in [1.807, 2.05) is 54.5 Å². The topological polar surface area (TPSA) is 49.8 Å². The molecule has 0 saturated heterocycles. The molecule has 0 bridgehead atoms. The second-order valence-corrected chi connectivity index (χ2v) is 13.3. The molecule has 23 heavy (non-hydrogen) atoms. The molecular formula is C18H37NO3Si. The molecule has 0 saturated carbocycles. The number of aliphatic hydroxyl groups is 1. The molecule has 0 aliphatic rings. The Balaban J connectivity index is 5.41. The molecular weight excluding hydrogens is 306 g/mol. The van der Waals surface area contributed by atoms with E-state index in [9.17, 15) is 9.90 Å². The Morgan fingerprint density at radius 3 is 1.74 bits per heavy atom. The molecule has 0 fully saturated rings. The molecule has 4 nitrogen and oxygen atoms in total. The predicted octanol–water partition coefficient (Wildman–Crippen LogP) is 4.66. The molecule has 0 radical (unpaired) electrons. The van der Waals surface area contributed by atoms with Crippen LogP contribution in [0.5, 0.6) is 0 Å². The van der Waals surface area contributed by atoms with Crippen molar-refractivity contribution in [2.45, 2.75) is 86.3 Å². The number of carbonyl (C=O) groups is 1. The molecule has 0 aromatic rings. The van der Waals surface area contributed by atoms with Gasteiger partial charge in [0.2, 0.25) is 0 Å². The third-order valence-electron chi connectivity index (χ3n) is 3.90. The molecule has 1 N–H and O–H groups in total. The van der Waals surface area contributed by atoms with Crippen molar-refractivity contribution in [2.75, 3.05) is 0 Å². The third kappa shape index (κ3) is 7.08. The van der Waals surface area contributed by atoms with Crippen LogP contribution in [0.2, 0.25) is 19.6 Å². The van der Waals surface area contributed by atoms with Crippen LogP contribution in [0, 0.1) is 11.8 Å². The average molecular weight is 344 g/mol. The third-order valence-corrected chi connectivity index (χ3v) is 5.64. The maximum atomic E-state index is 12.6. The van der Waals surface area contributed by atoms with Crippen molar-refractivity contribution in [3.8, 4) is 0 Å². The number of carbonyl (C=O) groups excluding carboxylic acids is 1. The maximum Gasteiger partial charge on any atom is 0.414 e. The summed E-state index contributed by atoms with van der Waals surface area (Å²) in [6.45, 7) is 20.4. The standard InChI is InChI=1S/C18H37NO3Si/c1-12(2)17(20)15(7)11-16(23(8,9)10)22-18(21)19(13(3)4)14(5)6/h11-15,17,20H,1-10H3/b16-11+/t15-,17+/m0/s1. The van der Waals surface area contributed by atoms with E-state index in [0.717, 1.165) is 5.38 Å². The van der Waals surface area contributed by atoms with Gasteiger partial charge in [-0.05, 0) is 39.7 Å². The highest BCUT2D eigenvalue weighted by atomic mass is 28.3. The average Bonchev–Trinajstić information content (AvgIpc) is 2.34. The fourth-order valence-electron chi connectivity index (χ4n) is 2.55. The normalized spacial score (nSPS) is 16.0. The van der Waals surface area contributed by atoms with Crippen molar-refractivity contribution < 1.29 is 14.6 Å². The van der Waals surface area contributed by atoms with Gasteiger partial charge >= 0.3 is 6.09 Å². The number of amides is 1. The first kappa shape index (κ1) is 22.2. The van der Waals surface area contributed by atoms with E-state index < -0.39 is 14.2 Å². The summed E-state index contributed by atoms with van der Waals surface area (Å²) in [4.78, 5) is 14.3. The smallest absolute Gasteiger partial charge is 0.414 e. The summed E-state index contributed by atoms with van der Waals surface area (Å²) < 4.78 is 5.80. The summed E-state index contributed by atoms with van der Waals surface area (Å²) in [7, 11) is -1.83. The first-order chi connectivity index (χ1) is 10.3. The minimum absolute atomic E-state index is 0.0453. The van der Waals surface area contributed by atoms with Gasteiger partial charge in [0.1, 0.15) is 8.07 Å². The van der Waals surface area contributed by atoms with E-state index in [4.69, 9.17) is 4.74 Å². The summed E-state index contributed by atoms with van der Waals surface area (Å²) in [6.07, 6.45) is 1.22.